The number of likely N-dealkylation sites (N-methyl/N-ethyl adjacent to an activating group) is 1. The minimum atomic E-state index is -0.841. The summed E-state index contributed by atoms with van der Waals surface area (Å²) in [7, 11) is 4.61. The summed E-state index contributed by atoms with van der Waals surface area (Å²) in [6.45, 7) is 1.51. The van der Waals surface area contributed by atoms with E-state index in [0.717, 1.165) is 0 Å². The van der Waals surface area contributed by atoms with Crippen LogP contribution in [0.15, 0.2) is 24.3 Å². The molecule has 0 aliphatic rings. The Hall–Kier alpha value is -2.50. The number of amides is 1. The van der Waals surface area contributed by atoms with Crippen molar-refractivity contribution in [2.75, 3.05) is 21.2 Å². The number of rotatable bonds is 5. The number of phenols is 1. The summed E-state index contributed by atoms with van der Waals surface area (Å²) in [5.41, 5.74) is 0.660. The summed E-state index contributed by atoms with van der Waals surface area (Å²) in [6.07, 6.45) is 1.88. The fourth-order valence-electron chi connectivity index (χ4n) is 1.59. The van der Waals surface area contributed by atoms with Crippen molar-refractivity contribution in [2.45, 2.75) is 13.0 Å². The van der Waals surface area contributed by atoms with Crippen molar-refractivity contribution in [3.8, 4) is 11.5 Å². The number of esters is 1. The molecule has 0 fully saturated rings. The molecule has 0 unspecified atom stereocenters. The van der Waals surface area contributed by atoms with Crippen LogP contribution in [0.1, 0.15) is 12.5 Å². The van der Waals surface area contributed by atoms with Crippen LogP contribution in [0.4, 0.5) is 0 Å². The van der Waals surface area contributed by atoms with Gasteiger partial charge in [-0.1, -0.05) is 6.07 Å². The van der Waals surface area contributed by atoms with Crippen molar-refractivity contribution in [1.82, 2.24) is 4.90 Å². The third kappa shape index (κ3) is 4.83. The summed E-state index contributed by atoms with van der Waals surface area (Å²) in [6, 6.07) is 4.66. The summed E-state index contributed by atoms with van der Waals surface area (Å²) in [4.78, 5) is 24.5. The first-order valence-corrected chi connectivity index (χ1v) is 6.32. The van der Waals surface area contributed by atoms with Gasteiger partial charge in [0, 0.05) is 20.2 Å². The van der Waals surface area contributed by atoms with Crippen LogP contribution in [0.2, 0.25) is 0 Å². The largest absolute Gasteiger partial charge is 0.504 e. The van der Waals surface area contributed by atoms with Crippen molar-refractivity contribution in [3.63, 3.8) is 0 Å². The predicted octanol–water partition coefficient (Wildman–Crippen LogP) is 1.43. The van der Waals surface area contributed by atoms with Crippen molar-refractivity contribution in [3.05, 3.63) is 29.8 Å². The van der Waals surface area contributed by atoms with E-state index >= 15 is 0 Å². The lowest BCUT2D eigenvalue weighted by Crippen LogP contribution is -2.34. The Balaban J connectivity index is 2.68. The van der Waals surface area contributed by atoms with Gasteiger partial charge in [0.2, 0.25) is 0 Å². The van der Waals surface area contributed by atoms with Gasteiger partial charge in [0.15, 0.2) is 17.6 Å². The minimum Gasteiger partial charge on any atom is -0.504 e. The number of phenolic OH excluding ortho intramolecular Hbond substituents is 1. The maximum Gasteiger partial charge on any atom is 0.331 e. The molecule has 0 saturated heterocycles. The van der Waals surface area contributed by atoms with Crippen LogP contribution in [-0.4, -0.2) is 49.2 Å². The molecule has 1 N–H and O–H groups in total. The van der Waals surface area contributed by atoms with Crippen LogP contribution < -0.4 is 4.74 Å². The van der Waals surface area contributed by atoms with Crippen molar-refractivity contribution >= 4 is 18.0 Å². The smallest absolute Gasteiger partial charge is 0.331 e. The van der Waals surface area contributed by atoms with Gasteiger partial charge in [0.05, 0.1) is 7.11 Å². The Kier molecular flexibility index (Phi) is 5.78. The molecule has 6 nitrogen and oxygen atoms in total. The van der Waals surface area contributed by atoms with Crippen LogP contribution in [-0.2, 0) is 14.3 Å². The summed E-state index contributed by atoms with van der Waals surface area (Å²) in [5.74, 6) is -0.586. The predicted molar refractivity (Wildman–Crippen MR) is 77.9 cm³/mol. The van der Waals surface area contributed by atoms with E-state index in [-0.39, 0.29) is 11.7 Å². The molecule has 0 heterocycles. The lowest BCUT2D eigenvalue weighted by molar-refractivity contribution is -0.153. The van der Waals surface area contributed by atoms with Gasteiger partial charge in [0.25, 0.3) is 5.91 Å². The lowest BCUT2D eigenvalue weighted by Gasteiger charge is -2.16. The molecule has 0 spiro atoms. The van der Waals surface area contributed by atoms with Gasteiger partial charge in [0.1, 0.15) is 0 Å². The Bertz CT molecular complexity index is 551. The lowest BCUT2D eigenvalue weighted by atomic mass is 10.2. The number of aromatic hydroxyl groups is 1. The van der Waals surface area contributed by atoms with E-state index in [4.69, 9.17) is 9.47 Å². The Morgan fingerprint density at radius 3 is 2.57 bits per heavy atom. The third-order valence-corrected chi connectivity index (χ3v) is 2.70. The topological polar surface area (TPSA) is 76.1 Å². The summed E-state index contributed by atoms with van der Waals surface area (Å²) in [5, 5.41) is 9.46. The standard InChI is InChI=1S/C15H19NO5/c1-10(15(19)16(2)3)21-14(18)8-6-11-5-7-12(17)13(9-11)20-4/h5-10,17H,1-4H3/b8-6+/t10-/m0/s1. The van der Waals surface area contributed by atoms with E-state index in [1.54, 1.807) is 26.2 Å². The first-order chi connectivity index (χ1) is 9.85. The zero-order valence-corrected chi connectivity index (χ0v) is 12.5. The molecule has 1 aromatic rings. The zero-order chi connectivity index (χ0) is 16.0. The van der Waals surface area contributed by atoms with Crippen LogP contribution in [0.5, 0.6) is 11.5 Å². The highest BCUT2D eigenvalue weighted by Crippen LogP contribution is 2.26. The average Bonchev–Trinajstić information content (AvgIpc) is 2.45. The molecule has 1 amide bonds. The molecule has 1 rings (SSSR count). The minimum absolute atomic E-state index is 0.0161. The number of hydrogen-bond acceptors (Lipinski definition) is 5. The van der Waals surface area contributed by atoms with E-state index in [0.29, 0.717) is 11.3 Å². The van der Waals surface area contributed by atoms with E-state index in [2.05, 4.69) is 0 Å². The van der Waals surface area contributed by atoms with Gasteiger partial charge in [-0.15, -0.1) is 0 Å². The first-order valence-electron chi connectivity index (χ1n) is 6.32. The highest BCUT2D eigenvalue weighted by Gasteiger charge is 2.17. The molecule has 0 bridgehead atoms. The maximum absolute atomic E-state index is 11.6. The normalized spacial score (nSPS) is 12.0. The molecule has 0 radical (unpaired) electrons. The number of hydrogen-bond donors (Lipinski definition) is 1. The second-order valence-corrected chi connectivity index (χ2v) is 4.58. The molecule has 1 aromatic carbocycles. The first kappa shape index (κ1) is 16.6. The highest BCUT2D eigenvalue weighted by molar-refractivity contribution is 5.90. The number of nitrogens with zero attached hydrogens (tertiary/aromatic N) is 1. The quantitative estimate of drug-likeness (QED) is 0.656. The second kappa shape index (κ2) is 7.33. The fraction of sp³-hybridized carbons (Fsp3) is 0.333. The third-order valence-electron chi connectivity index (χ3n) is 2.70. The molecule has 1 atom stereocenters. The van der Waals surface area contributed by atoms with Crippen LogP contribution in [0.25, 0.3) is 6.08 Å². The zero-order valence-electron chi connectivity index (χ0n) is 12.5. The van der Waals surface area contributed by atoms with Crippen molar-refractivity contribution in [1.29, 1.82) is 0 Å². The molecule has 0 aliphatic carbocycles. The molecule has 114 valence electrons. The van der Waals surface area contributed by atoms with Gasteiger partial charge in [-0.25, -0.2) is 4.79 Å². The SMILES string of the molecule is COc1cc(/C=C/C(=O)O[C@@H](C)C(=O)N(C)C)ccc1O. The van der Waals surface area contributed by atoms with Crippen LogP contribution in [0.3, 0.4) is 0 Å². The number of ether oxygens (including phenoxy) is 2. The Labute approximate surface area is 123 Å². The average molecular weight is 293 g/mol. The maximum atomic E-state index is 11.6. The monoisotopic (exact) mass is 293 g/mol. The summed E-state index contributed by atoms with van der Waals surface area (Å²) >= 11 is 0. The molecular formula is C15H19NO5. The van der Waals surface area contributed by atoms with E-state index in [9.17, 15) is 14.7 Å². The fourth-order valence-corrected chi connectivity index (χ4v) is 1.59. The number of carbonyl (C=O) groups excluding carboxylic acids is 2. The Morgan fingerprint density at radius 1 is 1.33 bits per heavy atom. The molecule has 21 heavy (non-hydrogen) atoms. The highest BCUT2D eigenvalue weighted by atomic mass is 16.5. The number of benzene rings is 1. The van der Waals surface area contributed by atoms with Crippen LogP contribution >= 0.6 is 0 Å². The van der Waals surface area contributed by atoms with E-state index in [1.165, 1.54) is 37.2 Å². The van der Waals surface area contributed by atoms with Crippen LogP contribution in [0, 0.1) is 0 Å². The van der Waals surface area contributed by atoms with Gasteiger partial charge in [-0.3, -0.25) is 4.79 Å². The van der Waals surface area contributed by atoms with Crippen molar-refractivity contribution < 1.29 is 24.2 Å². The number of methoxy groups -OCH3 is 1. The molecule has 0 saturated carbocycles. The second-order valence-electron chi connectivity index (χ2n) is 4.58. The van der Waals surface area contributed by atoms with Gasteiger partial charge >= 0.3 is 5.97 Å². The van der Waals surface area contributed by atoms with Gasteiger partial charge in [-0.2, -0.15) is 0 Å². The van der Waals surface area contributed by atoms with Gasteiger partial charge in [-0.05, 0) is 30.7 Å². The van der Waals surface area contributed by atoms with E-state index in [1.807, 2.05) is 0 Å². The molecule has 6 heteroatoms. The van der Waals surface area contributed by atoms with E-state index < -0.39 is 12.1 Å². The van der Waals surface area contributed by atoms with Gasteiger partial charge < -0.3 is 19.5 Å². The molecule has 0 aliphatic heterocycles. The van der Waals surface area contributed by atoms with Crippen molar-refractivity contribution in [2.24, 2.45) is 0 Å². The summed E-state index contributed by atoms with van der Waals surface area (Å²) < 4.78 is 9.94. The molecule has 0 aromatic heterocycles. The Morgan fingerprint density at radius 2 is 2.00 bits per heavy atom. The number of carbonyl (C=O) groups is 2. The molecular weight excluding hydrogens is 274 g/mol.